The Labute approximate surface area is 133 Å². The van der Waals surface area contributed by atoms with Crippen LogP contribution in [0.2, 0.25) is 0 Å². The average Bonchev–Trinajstić information content (AvgIpc) is 2.49. The lowest BCUT2D eigenvalue weighted by Gasteiger charge is -2.36. The van der Waals surface area contributed by atoms with Gasteiger partial charge in [0.1, 0.15) is 5.75 Å². The van der Waals surface area contributed by atoms with Gasteiger partial charge in [-0.25, -0.2) is 0 Å². The van der Waals surface area contributed by atoms with Gasteiger partial charge in [-0.15, -0.1) is 0 Å². The third kappa shape index (κ3) is 4.58. The topological polar surface area (TPSA) is 27.7 Å². The van der Waals surface area contributed by atoms with Crippen LogP contribution in [0.4, 0.5) is 5.69 Å². The molecule has 1 aliphatic rings. The summed E-state index contributed by atoms with van der Waals surface area (Å²) in [5.41, 5.74) is 1.00. The molecule has 0 spiro atoms. The van der Waals surface area contributed by atoms with Crippen molar-refractivity contribution in [2.24, 2.45) is 0 Å². The molecule has 0 bridgehead atoms. The smallest absolute Gasteiger partial charge is 0.173 e. The Bertz CT molecular complexity index is 455. The summed E-state index contributed by atoms with van der Waals surface area (Å²) < 4.78 is 5.44. The molecule has 2 rings (SSSR count). The Hall–Kier alpha value is -1.33. The van der Waals surface area contributed by atoms with E-state index in [1.54, 1.807) is 0 Å². The predicted octanol–water partition coefficient (Wildman–Crippen LogP) is 2.81. The summed E-state index contributed by atoms with van der Waals surface area (Å²) in [6.45, 7) is 4.95. The number of nitrogens with one attached hydrogen (secondary N) is 1. The highest BCUT2D eigenvalue weighted by Crippen LogP contribution is 2.18. The van der Waals surface area contributed by atoms with Crippen molar-refractivity contribution in [2.75, 3.05) is 39.1 Å². The van der Waals surface area contributed by atoms with Gasteiger partial charge in [-0.3, -0.25) is 0 Å². The van der Waals surface area contributed by atoms with Crippen LogP contribution in [0.5, 0.6) is 5.75 Å². The van der Waals surface area contributed by atoms with E-state index in [2.05, 4.69) is 29.2 Å². The van der Waals surface area contributed by atoms with Gasteiger partial charge in [0, 0.05) is 18.8 Å². The van der Waals surface area contributed by atoms with Crippen LogP contribution in [-0.4, -0.2) is 54.7 Å². The number of rotatable bonds is 4. The quantitative estimate of drug-likeness (QED) is 0.864. The number of hydrogen-bond acceptors (Lipinski definition) is 3. The van der Waals surface area contributed by atoms with E-state index in [1.807, 2.05) is 31.2 Å². The molecule has 0 saturated carbocycles. The summed E-state index contributed by atoms with van der Waals surface area (Å²) in [5, 5.41) is 4.09. The van der Waals surface area contributed by atoms with E-state index in [4.69, 9.17) is 17.0 Å². The van der Waals surface area contributed by atoms with Gasteiger partial charge in [0.05, 0.1) is 6.61 Å². The van der Waals surface area contributed by atoms with Gasteiger partial charge in [0.2, 0.25) is 0 Å². The van der Waals surface area contributed by atoms with Crippen LogP contribution in [-0.2, 0) is 0 Å². The van der Waals surface area contributed by atoms with Crippen LogP contribution in [0.15, 0.2) is 24.3 Å². The molecule has 1 aromatic rings. The van der Waals surface area contributed by atoms with Crippen LogP contribution in [0.25, 0.3) is 0 Å². The number of piperidine rings is 1. The maximum Gasteiger partial charge on any atom is 0.173 e. The van der Waals surface area contributed by atoms with Gasteiger partial charge in [-0.05, 0) is 76.4 Å². The van der Waals surface area contributed by atoms with Crippen molar-refractivity contribution in [3.8, 4) is 5.75 Å². The first-order chi connectivity index (χ1) is 10.1. The zero-order valence-electron chi connectivity index (χ0n) is 13.1. The molecule has 5 heteroatoms. The number of hydrogen-bond donors (Lipinski definition) is 1. The summed E-state index contributed by atoms with van der Waals surface area (Å²) in [4.78, 5) is 4.56. The number of nitrogens with zero attached hydrogens (tertiary/aromatic N) is 2. The highest BCUT2D eigenvalue weighted by molar-refractivity contribution is 7.80. The molecule has 116 valence electrons. The summed E-state index contributed by atoms with van der Waals surface area (Å²) >= 11 is 5.52. The second-order valence-electron chi connectivity index (χ2n) is 5.53. The standard InChI is InChI=1S/C16H25N3OS/c1-4-20-15-7-5-13(6-8-15)17-16(21)19(3)14-9-11-18(2)12-10-14/h5-8,14H,4,9-12H2,1-3H3,(H,17,21). The van der Waals surface area contributed by atoms with Crippen LogP contribution in [0.1, 0.15) is 19.8 Å². The molecule has 0 unspecified atom stereocenters. The Morgan fingerprint density at radius 2 is 1.95 bits per heavy atom. The first-order valence-corrected chi connectivity index (χ1v) is 7.96. The summed E-state index contributed by atoms with van der Waals surface area (Å²) in [6, 6.07) is 8.46. The highest BCUT2D eigenvalue weighted by Gasteiger charge is 2.22. The minimum atomic E-state index is 0.531. The molecule has 1 N–H and O–H groups in total. The first-order valence-electron chi connectivity index (χ1n) is 7.55. The fraction of sp³-hybridized carbons (Fsp3) is 0.562. The van der Waals surface area contributed by atoms with Gasteiger partial charge in [-0.1, -0.05) is 0 Å². The lowest BCUT2D eigenvalue weighted by Crippen LogP contribution is -2.45. The second kappa shape index (κ2) is 7.61. The number of ether oxygens (including phenoxy) is 1. The van der Waals surface area contributed by atoms with Crippen LogP contribution in [0, 0.1) is 0 Å². The molecule has 1 aliphatic heterocycles. The van der Waals surface area contributed by atoms with E-state index in [0.717, 1.165) is 42.5 Å². The van der Waals surface area contributed by atoms with Gasteiger partial charge < -0.3 is 19.9 Å². The minimum Gasteiger partial charge on any atom is -0.494 e. The third-order valence-electron chi connectivity index (χ3n) is 3.97. The minimum absolute atomic E-state index is 0.531. The Balaban J connectivity index is 1.88. The van der Waals surface area contributed by atoms with E-state index in [1.165, 1.54) is 0 Å². The summed E-state index contributed by atoms with van der Waals surface area (Å²) in [7, 11) is 4.26. The zero-order chi connectivity index (χ0) is 15.2. The number of anilines is 1. The number of thiocarbonyl (C=S) groups is 1. The van der Waals surface area contributed by atoms with Crippen molar-refractivity contribution < 1.29 is 4.74 Å². The van der Waals surface area contributed by atoms with Crippen molar-refractivity contribution >= 4 is 23.0 Å². The summed E-state index contributed by atoms with van der Waals surface area (Å²) in [5.74, 6) is 0.887. The molecule has 1 saturated heterocycles. The first kappa shape index (κ1) is 16.0. The van der Waals surface area contributed by atoms with Crippen LogP contribution >= 0.6 is 12.2 Å². The van der Waals surface area contributed by atoms with E-state index in [-0.39, 0.29) is 0 Å². The molecule has 1 heterocycles. The Morgan fingerprint density at radius 3 is 2.52 bits per heavy atom. The lowest BCUT2D eigenvalue weighted by atomic mass is 10.0. The fourth-order valence-corrected chi connectivity index (χ4v) is 2.83. The SMILES string of the molecule is CCOc1ccc(NC(=S)N(C)C2CCN(C)CC2)cc1. The predicted molar refractivity (Wildman–Crippen MR) is 92.1 cm³/mol. The molecule has 1 fully saturated rings. The monoisotopic (exact) mass is 307 g/mol. The molecule has 21 heavy (non-hydrogen) atoms. The van der Waals surface area contributed by atoms with E-state index < -0.39 is 0 Å². The fourth-order valence-electron chi connectivity index (χ4n) is 2.56. The Morgan fingerprint density at radius 1 is 1.33 bits per heavy atom. The van der Waals surface area contributed by atoms with E-state index in [9.17, 15) is 0 Å². The van der Waals surface area contributed by atoms with Gasteiger partial charge in [-0.2, -0.15) is 0 Å². The maximum absolute atomic E-state index is 5.52. The zero-order valence-corrected chi connectivity index (χ0v) is 13.9. The van der Waals surface area contributed by atoms with Crippen molar-refractivity contribution in [1.82, 2.24) is 9.80 Å². The van der Waals surface area contributed by atoms with Gasteiger partial charge in [0.15, 0.2) is 5.11 Å². The van der Waals surface area contributed by atoms with Gasteiger partial charge in [0.25, 0.3) is 0 Å². The molecular formula is C16H25N3OS. The van der Waals surface area contributed by atoms with E-state index >= 15 is 0 Å². The van der Waals surface area contributed by atoms with E-state index in [0.29, 0.717) is 12.6 Å². The van der Waals surface area contributed by atoms with Gasteiger partial charge >= 0.3 is 0 Å². The molecule has 0 aliphatic carbocycles. The maximum atomic E-state index is 5.52. The molecule has 1 aromatic carbocycles. The highest BCUT2D eigenvalue weighted by atomic mass is 32.1. The number of benzene rings is 1. The average molecular weight is 307 g/mol. The van der Waals surface area contributed by atoms with Crippen LogP contribution < -0.4 is 10.1 Å². The second-order valence-corrected chi connectivity index (χ2v) is 5.92. The summed E-state index contributed by atoms with van der Waals surface area (Å²) in [6.07, 6.45) is 2.33. The molecule has 0 radical (unpaired) electrons. The molecule has 0 amide bonds. The third-order valence-corrected chi connectivity index (χ3v) is 4.36. The molecule has 0 aromatic heterocycles. The van der Waals surface area contributed by atoms with Crippen molar-refractivity contribution in [1.29, 1.82) is 0 Å². The van der Waals surface area contributed by atoms with Crippen molar-refractivity contribution in [3.05, 3.63) is 24.3 Å². The molecule has 0 atom stereocenters. The molecule has 4 nitrogen and oxygen atoms in total. The molecular weight excluding hydrogens is 282 g/mol. The lowest BCUT2D eigenvalue weighted by molar-refractivity contribution is 0.193. The van der Waals surface area contributed by atoms with Crippen molar-refractivity contribution in [2.45, 2.75) is 25.8 Å². The normalized spacial score (nSPS) is 16.5. The van der Waals surface area contributed by atoms with Crippen molar-refractivity contribution in [3.63, 3.8) is 0 Å². The van der Waals surface area contributed by atoms with Crippen LogP contribution in [0.3, 0.4) is 0 Å². The largest absolute Gasteiger partial charge is 0.494 e. The number of likely N-dealkylation sites (tertiary alicyclic amines) is 1. The Kier molecular flexibility index (Phi) is 5.82.